The zero-order chi connectivity index (χ0) is 26.5. The predicted octanol–water partition coefficient (Wildman–Crippen LogP) is 3.97. The van der Waals surface area contributed by atoms with Gasteiger partial charge in [-0.15, -0.1) is 0 Å². The highest BCUT2D eigenvalue weighted by Gasteiger charge is 2.32. The summed E-state index contributed by atoms with van der Waals surface area (Å²) in [4.78, 5) is 27.8. The fraction of sp³-hybridized carbons (Fsp3) is 0.286. The first kappa shape index (κ1) is 26.9. The topological polar surface area (TPSA) is 86.8 Å². The first-order valence-electron chi connectivity index (χ1n) is 11.8. The average Bonchev–Trinajstić information content (AvgIpc) is 2.86. The van der Waals surface area contributed by atoms with Crippen LogP contribution in [0.25, 0.3) is 0 Å². The summed E-state index contributed by atoms with van der Waals surface area (Å²) in [6.45, 7) is 6.97. The second-order valence-corrected chi connectivity index (χ2v) is 10.8. The maximum Gasteiger partial charge on any atom is 0.264 e. The Morgan fingerprint density at radius 3 is 2.08 bits per heavy atom. The van der Waals surface area contributed by atoms with E-state index in [4.69, 9.17) is 0 Å². The maximum atomic E-state index is 13.8. The highest BCUT2D eigenvalue weighted by Crippen LogP contribution is 2.28. The van der Waals surface area contributed by atoms with Gasteiger partial charge in [0.2, 0.25) is 11.8 Å². The van der Waals surface area contributed by atoms with Gasteiger partial charge in [0.15, 0.2) is 0 Å². The summed E-state index contributed by atoms with van der Waals surface area (Å²) in [5.41, 5.74) is 3.89. The molecule has 36 heavy (non-hydrogen) atoms. The smallest absolute Gasteiger partial charge is 0.264 e. The number of hydrogen-bond donors (Lipinski definition) is 1. The molecule has 2 amide bonds. The standard InChI is InChI=1S/C28H33N3O4S/c1-20-11-14-25(15-12-20)36(34,35)31(26-16-13-21(2)17-22(26)3)19-27(32)30(23(4)28(33)29-5)18-24-9-7-6-8-10-24/h6-17,23H,18-19H2,1-5H3,(H,29,33)/t23-/m1/s1. The molecule has 0 aliphatic carbocycles. The SMILES string of the molecule is CNC(=O)[C@@H](C)N(Cc1ccccc1)C(=O)CN(c1ccc(C)cc1C)S(=O)(=O)c1ccc(C)cc1. The van der Waals surface area contributed by atoms with Gasteiger partial charge in [-0.1, -0.05) is 65.7 Å². The minimum absolute atomic E-state index is 0.0924. The molecule has 0 radical (unpaired) electrons. The summed E-state index contributed by atoms with van der Waals surface area (Å²) in [6.07, 6.45) is 0. The molecule has 0 spiro atoms. The Kier molecular flexibility index (Phi) is 8.53. The van der Waals surface area contributed by atoms with E-state index in [1.807, 2.05) is 63.2 Å². The first-order chi connectivity index (χ1) is 17.0. The third-order valence-electron chi connectivity index (χ3n) is 6.12. The van der Waals surface area contributed by atoms with E-state index in [0.717, 1.165) is 26.6 Å². The van der Waals surface area contributed by atoms with Crippen LogP contribution in [0.15, 0.2) is 77.7 Å². The molecule has 0 saturated heterocycles. The van der Waals surface area contributed by atoms with Gasteiger partial charge < -0.3 is 10.2 Å². The maximum absolute atomic E-state index is 13.8. The van der Waals surface area contributed by atoms with E-state index >= 15 is 0 Å². The number of carbonyl (C=O) groups is 2. The number of hydrogen-bond acceptors (Lipinski definition) is 4. The lowest BCUT2D eigenvalue weighted by molar-refractivity contribution is -0.139. The van der Waals surface area contributed by atoms with Crippen molar-refractivity contribution in [3.63, 3.8) is 0 Å². The fourth-order valence-corrected chi connectivity index (χ4v) is 5.49. The molecule has 0 bridgehead atoms. The van der Waals surface area contributed by atoms with Crippen molar-refractivity contribution >= 4 is 27.5 Å². The molecule has 0 aliphatic rings. The van der Waals surface area contributed by atoms with Gasteiger partial charge >= 0.3 is 0 Å². The number of likely N-dealkylation sites (N-methyl/N-ethyl adjacent to an activating group) is 1. The quantitative estimate of drug-likeness (QED) is 0.475. The van der Waals surface area contributed by atoms with Crippen molar-refractivity contribution < 1.29 is 18.0 Å². The van der Waals surface area contributed by atoms with Crippen LogP contribution in [0.1, 0.15) is 29.2 Å². The van der Waals surface area contributed by atoms with Crippen molar-refractivity contribution in [1.29, 1.82) is 0 Å². The van der Waals surface area contributed by atoms with Crippen molar-refractivity contribution in [1.82, 2.24) is 10.2 Å². The average molecular weight is 508 g/mol. The van der Waals surface area contributed by atoms with E-state index in [0.29, 0.717) is 5.69 Å². The number of sulfonamides is 1. The lowest BCUT2D eigenvalue weighted by atomic mass is 10.1. The van der Waals surface area contributed by atoms with Crippen LogP contribution < -0.4 is 9.62 Å². The van der Waals surface area contributed by atoms with Gasteiger partial charge in [-0.2, -0.15) is 0 Å². The van der Waals surface area contributed by atoms with Crippen LogP contribution in [-0.4, -0.2) is 44.8 Å². The molecule has 8 heteroatoms. The predicted molar refractivity (Wildman–Crippen MR) is 142 cm³/mol. The van der Waals surface area contributed by atoms with Gasteiger partial charge in [-0.05, 0) is 57.0 Å². The number of nitrogens with zero attached hydrogens (tertiary/aromatic N) is 2. The van der Waals surface area contributed by atoms with Gasteiger partial charge in [0.25, 0.3) is 10.0 Å². The molecule has 7 nitrogen and oxygen atoms in total. The Hall–Kier alpha value is -3.65. The second-order valence-electron chi connectivity index (χ2n) is 8.91. The van der Waals surface area contributed by atoms with Gasteiger partial charge in [0.05, 0.1) is 10.6 Å². The summed E-state index contributed by atoms with van der Waals surface area (Å²) in [7, 11) is -2.57. The highest BCUT2D eigenvalue weighted by molar-refractivity contribution is 7.92. The van der Waals surface area contributed by atoms with Crippen molar-refractivity contribution in [2.24, 2.45) is 0 Å². The monoisotopic (exact) mass is 507 g/mol. The van der Waals surface area contributed by atoms with E-state index in [2.05, 4.69) is 5.32 Å². The third kappa shape index (κ3) is 6.12. The summed E-state index contributed by atoms with van der Waals surface area (Å²) in [5.74, 6) is -0.815. The Balaban J connectivity index is 2.06. The molecule has 0 aromatic heterocycles. The zero-order valence-corrected chi connectivity index (χ0v) is 22.2. The summed E-state index contributed by atoms with van der Waals surface area (Å²) in [6, 6.07) is 20.5. The van der Waals surface area contributed by atoms with Gasteiger partial charge in [-0.25, -0.2) is 8.42 Å². The summed E-state index contributed by atoms with van der Waals surface area (Å²) in [5, 5.41) is 2.58. The molecule has 0 heterocycles. The van der Waals surface area contributed by atoms with Crippen molar-refractivity contribution in [2.45, 2.75) is 45.2 Å². The molecule has 190 valence electrons. The van der Waals surface area contributed by atoms with Crippen LogP contribution >= 0.6 is 0 Å². The number of anilines is 1. The Morgan fingerprint density at radius 1 is 0.889 bits per heavy atom. The van der Waals surface area contributed by atoms with Crippen molar-refractivity contribution in [3.8, 4) is 0 Å². The van der Waals surface area contributed by atoms with Gasteiger partial charge in [0, 0.05) is 13.6 Å². The molecule has 0 fully saturated rings. The van der Waals surface area contributed by atoms with Crippen LogP contribution in [0, 0.1) is 20.8 Å². The van der Waals surface area contributed by atoms with Crippen molar-refractivity contribution in [2.75, 3.05) is 17.9 Å². The first-order valence-corrected chi connectivity index (χ1v) is 13.2. The molecular formula is C28H33N3O4S. The van der Waals surface area contributed by atoms with Crippen LogP contribution in [0.4, 0.5) is 5.69 Å². The lowest BCUT2D eigenvalue weighted by Crippen LogP contribution is -2.50. The number of rotatable bonds is 9. The Labute approximate surface area is 213 Å². The number of aryl methyl sites for hydroxylation is 3. The van der Waals surface area contributed by atoms with Crippen LogP contribution in [0.2, 0.25) is 0 Å². The van der Waals surface area contributed by atoms with Gasteiger partial charge in [0.1, 0.15) is 12.6 Å². The van der Waals surface area contributed by atoms with E-state index in [9.17, 15) is 18.0 Å². The third-order valence-corrected chi connectivity index (χ3v) is 7.89. The van der Waals surface area contributed by atoms with Crippen molar-refractivity contribution in [3.05, 3.63) is 95.1 Å². The molecule has 3 aromatic carbocycles. The number of benzene rings is 3. The largest absolute Gasteiger partial charge is 0.357 e. The number of nitrogens with one attached hydrogen (secondary N) is 1. The van der Waals surface area contributed by atoms with Crippen LogP contribution in [-0.2, 0) is 26.2 Å². The summed E-state index contributed by atoms with van der Waals surface area (Å²) < 4.78 is 28.8. The zero-order valence-electron chi connectivity index (χ0n) is 21.4. The molecule has 0 saturated carbocycles. The number of carbonyl (C=O) groups excluding carboxylic acids is 2. The van der Waals surface area contributed by atoms with E-state index in [1.165, 1.54) is 11.9 Å². The second kappa shape index (κ2) is 11.4. The minimum atomic E-state index is -4.07. The van der Waals surface area contributed by atoms with Crippen LogP contribution in [0.5, 0.6) is 0 Å². The van der Waals surface area contributed by atoms with Gasteiger partial charge in [-0.3, -0.25) is 13.9 Å². The van der Waals surface area contributed by atoms with Crippen LogP contribution in [0.3, 0.4) is 0 Å². The van der Waals surface area contributed by atoms with E-state index in [-0.39, 0.29) is 17.3 Å². The molecule has 0 aliphatic heterocycles. The highest BCUT2D eigenvalue weighted by atomic mass is 32.2. The number of amides is 2. The summed E-state index contributed by atoms with van der Waals surface area (Å²) >= 11 is 0. The Bertz CT molecular complexity index is 1320. The molecule has 3 aromatic rings. The minimum Gasteiger partial charge on any atom is -0.357 e. The molecule has 1 atom stereocenters. The molecule has 3 rings (SSSR count). The molecular weight excluding hydrogens is 474 g/mol. The van der Waals surface area contributed by atoms with E-state index in [1.54, 1.807) is 37.3 Å². The molecule has 1 N–H and O–H groups in total. The Morgan fingerprint density at radius 2 is 1.50 bits per heavy atom. The lowest BCUT2D eigenvalue weighted by Gasteiger charge is -2.32. The fourth-order valence-electron chi connectivity index (χ4n) is 4.01. The normalized spacial score (nSPS) is 12.0. The van der Waals surface area contributed by atoms with E-state index < -0.39 is 28.5 Å². The molecule has 0 unspecified atom stereocenters.